The van der Waals surface area contributed by atoms with E-state index < -0.39 is 0 Å². The van der Waals surface area contributed by atoms with Crippen molar-refractivity contribution in [3.05, 3.63) is 72.0 Å². The molecule has 0 radical (unpaired) electrons. The largest absolute Gasteiger partial charge is 0.493 e. The fraction of sp³-hybridized carbons (Fsp3) is 0.227. The van der Waals surface area contributed by atoms with Crippen LogP contribution in [0.5, 0.6) is 11.5 Å². The van der Waals surface area contributed by atoms with Gasteiger partial charge in [-0.15, -0.1) is 0 Å². The van der Waals surface area contributed by atoms with Crippen molar-refractivity contribution in [3.63, 3.8) is 0 Å². The lowest BCUT2D eigenvalue weighted by molar-refractivity contribution is -0.126. The van der Waals surface area contributed by atoms with E-state index in [0.717, 1.165) is 22.6 Å². The van der Waals surface area contributed by atoms with Crippen LogP contribution in [-0.4, -0.2) is 43.1 Å². The maximum absolute atomic E-state index is 12.9. The molecule has 6 nitrogen and oxygen atoms in total. The van der Waals surface area contributed by atoms with Gasteiger partial charge < -0.3 is 9.47 Å². The van der Waals surface area contributed by atoms with Crippen molar-refractivity contribution < 1.29 is 14.3 Å². The quantitative estimate of drug-likeness (QED) is 0.787. The summed E-state index contributed by atoms with van der Waals surface area (Å²) in [5.41, 5.74) is 4.00. The molecule has 1 heterocycles. The Balaban J connectivity index is 1.82. The predicted octanol–water partition coefficient (Wildman–Crippen LogP) is 3.67. The highest BCUT2D eigenvalue weighted by atomic mass is 16.5. The number of carbonyl (C=O) groups excluding carboxylic acids is 1. The van der Waals surface area contributed by atoms with Crippen LogP contribution < -0.4 is 9.47 Å². The minimum atomic E-state index is -0.135. The Labute approximate surface area is 164 Å². The third kappa shape index (κ3) is 3.81. The number of amides is 1. The summed E-state index contributed by atoms with van der Waals surface area (Å²) in [7, 11) is 3.19. The maximum atomic E-state index is 12.9. The van der Waals surface area contributed by atoms with Gasteiger partial charge >= 0.3 is 0 Å². The molecule has 3 rings (SSSR count). The molecule has 0 N–H and O–H groups in total. The van der Waals surface area contributed by atoms with Crippen LogP contribution in [0.2, 0.25) is 0 Å². The van der Waals surface area contributed by atoms with Crippen molar-refractivity contribution in [2.24, 2.45) is 10.1 Å². The van der Waals surface area contributed by atoms with Gasteiger partial charge in [0, 0.05) is 23.8 Å². The minimum absolute atomic E-state index is 0.135. The summed E-state index contributed by atoms with van der Waals surface area (Å²) in [6.07, 6.45) is 9.50. The van der Waals surface area contributed by atoms with Crippen LogP contribution >= 0.6 is 0 Å². The Bertz CT molecular complexity index is 952. The standard InChI is InChI=1S/C22H23N3O3/c1-5-15-13-17(7-9-18(15)23-6-2)22(26)25-12-11-19(24-25)16-8-10-20(27-3)21(14-16)28-4/h5-10,13-14H,2,11-12H2,1,3-4H3/b15-5-,23-18?. The molecule has 144 valence electrons. The van der Waals surface area contributed by atoms with Gasteiger partial charge in [-0.2, -0.15) is 5.10 Å². The molecule has 28 heavy (non-hydrogen) atoms. The van der Waals surface area contributed by atoms with Crippen LogP contribution in [-0.2, 0) is 4.79 Å². The molecule has 0 saturated carbocycles. The smallest absolute Gasteiger partial charge is 0.273 e. The highest BCUT2D eigenvalue weighted by Crippen LogP contribution is 2.29. The van der Waals surface area contributed by atoms with Crippen LogP contribution in [0.25, 0.3) is 0 Å². The second kappa shape index (κ2) is 8.52. The van der Waals surface area contributed by atoms with Crippen LogP contribution in [0.3, 0.4) is 0 Å². The topological polar surface area (TPSA) is 63.5 Å². The summed E-state index contributed by atoms with van der Waals surface area (Å²) in [6, 6.07) is 5.64. The van der Waals surface area contributed by atoms with E-state index in [2.05, 4.69) is 16.7 Å². The first-order chi connectivity index (χ1) is 13.6. The molecule has 0 unspecified atom stereocenters. The van der Waals surface area contributed by atoms with E-state index in [9.17, 15) is 4.79 Å². The lowest BCUT2D eigenvalue weighted by atomic mass is 9.99. The molecule has 1 aliphatic carbocycles. The van der Waals surface area contributed by atoms with Gasteiger partial charge in [-0.05, 0) is 48.9 Å². The first kappa shape index (κ1) is 19.4. The van der Waals surface area contributed by atoms with E-state index in [1.165, 1.54) is 11.2 Å². The summed E-state index contributed by atoms with van der Waals surface area (Å²) in [5, 5.41) is 6.04. The van der Waals surface area contributed by atoms with E-state index in [4.69, 9.17) is 9.47 Å². The Kier molecular flexibility index (Phi) is 5.89. The third-order valence-corrected chi connectivity index (χ3v) is 4.57. The van der Waals surface area contributed by atoms with Gasteiger partial charge in [0.05, 0.1) is 32.2 Å². The average Bonchev–Trinajstić information content (AvgIpc) is 3.23. The van der Waals surface area contributed by atoms with E-state index >= 15 is 0 Å². The number of benzene rings is 1. The van der Waals surface area contributed by atoms with Gasteiger partial charge in [0.2, 0.25) is 0 Å². The van der Waals surface area contributed by atoms with Gasteiger partial charge in [0.1, 0.15) is 0 Å². The first-order valence-corrected chi connectivity index (χ1v) is 8.98. The van der Waals surface area contributed by atoms with E-state index in [-0.39, 0.29) is 5.91 Å². The van der Waals surface area contributed by atoms with Gasteiger partial charge in [0.15, 0.2) is 11.5 Å². The normalized spacial score (nSPS) is 18.9. The molecule has 0 saturated heterocycles. The second-order valence-corrected chi connectivity index (χ2v) is 6.17. The van der Waals surface area contributed by atoms with Gasteiger partial charge in [-0.1, -0.05) is 12.7 Å². The number of hydrogen-bond acceptors (Lipinski definition) is 5. The zero-order valence-electron chi connectivity index (χ0n) is 16.3. The molecule has 1 aromatic rings. The average molecular weight is 377 g/mol. The number of carbonyl (C=O) groups is 1. The van der Waals surface area contributed by atoms with Crippen molar-refractivity contribution in [3.8, 4) is 11.5 Å². The van der Waals surface area contributed by atoms with Crippen molar-refractivity contribution in [2.75, 3.05) is 20.8 Å². The molecule has 2 aliphatic rings. The fourth-order valence-electron chi connectivity index (χ4n) is 3.11. The number of ether oxygens (including phenoxy) is 2. The van der Waals surface area contributed by atoms with Crippen LogP contribution in [0.15, 0.2) is 76.5 Å². The van der Waals surface area contributed by atoms with Crippen molar-refractivity contribution >= 4 is 17.3 Å². The third-order valence-electron chi connectivity index (χ3n) is 4.57. The van der Waals surface area contributed by atoms with Gasteiger partial charge in [-0.3, -0.25) is 9.79 Å². The van der Waals surface area contributed by atoms with Crippen molar-refractivity contribution in [1.29, 1.82) is 0 Å². The molecule has 0 spiro atoms. The first-order valence-electron chi connectivity index (χ1n) is 8.98. The fourth-order valence-corrected chi connectivity index (χ4v) is 3.11. The highest BCUT2D eigenvalue weighted by molar-refractivity contribution is 6.15. The van der Waals surface area contributed by atoms with E-state index in [0.29, 0.717) is 30.0 Å². The molecule has 6 heteroatoms. The molecular formula is C22H23N3O3. The number of rotatable bonds is 5. The van der Waals surface area contributed by atoms with Crippen molar-refractivity contribution in [2.45, 2.75) is 13.3 Å². The Morgan fingerprint density at radius 2 is 2.04 bits per heavy atom. The van der Waals surface area contributed by atoms with Crippen LogP contribution in [0, 0.1) is 0 Å². The summed E-state index contributed by atoms with van der Waals surface area (Å²) >= 11 is 0. The Hall–Kier alpha value is -3.41. The van der Waals surface area contributed by atoms with Crippen LogP contribution in [0.1, 0.15) is 18.9 Å². The Morgan fingerprint density at radius 1 is 1.25 bits per heavy atom. The number of allylic oxidation sites excluding steroid dienone is 4. The maximum Gasteiger partial charge on any atom is 0.273 e. The molecule has 0 fully saturated rings. The monoisotopic (exact) mass is 377 g/mol. The molecule has 1 aliphatic heterocycles. The van der Waals surface area contributed by atoms with Gasteiger partial charge in [-0.25, -0.2) is 5.01 Å². The SMILES string of the molecule is C=CN=C1C=CC(C(=O)N2CCC(c3ccc(OC)c(OC)c3)=N2)=C/C1=C/C. The molecule has 1 amide bonds. The summed E-state index contributed by atoms with van der Waals surface area (Å²) in [6.45, 7) is 6.07. The lowest BCUT2D eigenvalue weighted by Crippen LogP contribution is -2.25. The molecule has 0 atom stereocenters. The number of methoxy groups -OCH3 is 2. The lowest BCUT2D eigenvalue weighted by Gasteiger charge is -2.15. The molecule has 0 bridgehead atoms. The summed E-state index contributed by atoms with van der Waals surface area (Å²) in [5.74, 6) is 1.16. The Morgan fingerprint density at radius 3 is 2.71 bits per heavy atom. The highest BCUT2D eigenvalue weighted by Gasteiger charge is 2.25. The van der Waals surface area contributed by atoms with Crippen LogP contribution in [0.4, 0.5) is 0 Å². The van der Waals surface area contributed by atoms with Gasteiger partial charge in [0.25, 0.3) is 5.91 Å². The van der Waals surface area contributed by atoms with E-state index in [1.54, 1.807) is 20.3 Å². The number of hydrazone groups is 1. The summed E-state index contributed by atoms with van der Waals surface area (Å²) in [4.78, 5) is 17.1. The second-order valence-electron chi connectivity index (χ2n) is 6.17. The molecule has 0 aromatic heterocycles. The number of nitrogens with zero attached hydrogens (tertiary/aromatic N) is 3. The molecule has 1 aromatic carbocycles. The molecular weight excluding hydrogens is 354 g/mol. The minimum Gasteiger partial charge on any atom is -0.493 e. The van der Waals surface area contributed by atoms with Crippen molar-refractivity contribution in [1.82, 2.24) is 5.01 Å². The number of aliphatic imine (C=N–C) groups is 1. The zero-order valence-corrected chi connectivity index (χ0v) is 16.3. The number of hydrogen-bond donors (Lipinski definition) is 0. The summed E-state index contributed by atoms with van der Waals surface area (Å²) < 4.78 is 10.6. The predicted molar refractivity (Wildman–Crippen MR) is 111 cm³/mol. The van der Waals surface area contributed by atoms with E-state index in [1.807, 2.05) is 43.4 Å². The zero-order chi connectivity index (χ0) is 20.1.